The molecule has 12 nitrogen and oxygen atoms in total. The van der Waals surface area contributed by atoms with Gasteiger partial charge in [0.05, 0.1) is 74.9 Å². The Morgan fingerprint density at radius 1 is 0.528 bits per heavy atom. The van der Waals surface area contributed by atoms with E-state index in [9.17, 15) is 0 Å². The van der Waals surface area contributed by atoms with E-state index in [0.29, 0.717) is 78.0 Å². The Morgan fingerprint density at radius 3 is 1.28 bits per heavy atom. The molecular weight excluding hydrogens is 468 g/mol. The molecular formula is C24H32N6O6. The van der Waals surface area contributed by atoms with Gasteiger partial charge in [-0.25, -0.2) is 9.97 Å². The standard InChI is InChI=1S/C24H32N6O6/c25-23-27-19-3-1-17(15-21(19)29-23)35-13-11-33-9-7-31-5-6-32-8-10-34-12-14-36-18-2-4-20-22(16-18)30-24(26)28-20/h1-4,15-16H,5-14H2,(H3,25,27,29)(H3,26,28,30). The molecule has 0 radical (unpaired) electrons. The average Bonchev–Trinajstić information content (AvgIpc) is 3.43. The molecule has 2 heterocycles. The van der Waals surface area contributed by atoms with Crippen LogP contribution in [0.1, 0.15) is 0 Å². The predicted octanol–water partition coefficient (Wildman–Crippen LogP) is 2.13. The van der Waals surface area contributed by atoms with Crippen LogP contribution in [0.4, 0.5) is 11.9 Å². The molecule has 4 aromatic rings. The highest BCUT2D eigenvalue weighted by Crippen LogP contribution is 2.20. The van der Waals surface area contributed by atoms with Gasteiger partial charge in [-0.05, 0) is 24.3 Å². The summed E-state index contributed by atoms with van der Waals surface area (Å²) in [6.45, 7) is 4.78. The van der Waals surface area contributed by atoms with Gasteiger partial charge < -0.3 is 49.9 Å². The van der Waals surface area contributed by atoms with E-state index in [-0.39, 0.29) is 0 Å². The van der Waals surface area contributed by atoms with E-state index < -0.39 is 0 Å². The minimum atomic E-state index is 0.387. The van der Waals surface area contributed by atoms with Crippen LogP contribution in [-0.4, -0.2) is 86.0 Å². The highest BCUT2D eigenvalue weighted by Gasteiger charge is 2.03. The fraction of sp³-hybridized carbons (Fsp3) is 0.417. The second-order valence-electron chi connectivity index (χ2n) is 7.75. The maximum Gasteiger partial charge on any atom is 0.198 e. The van der Waals surface area contributed by atoms with Crippen molar-refractivity contribution in [2.24, 2.45) is 0 Å². The van der Waals surface area contributed by atoms with E-state index >= 15 is 0 Å². The molecule has 36 heavy (non-hydrogen) atoms. The number of nitrogen functional groups attached to an aromatic ring is 2. The summed E-state index contributed by atoms with van der Waals surface area (Å²) in [7, 11) is 0. The number of imidazole rings is 2. The molecule has 0 bridgehead atoms. The maximum atomic E-state index is 5.67. The second kappa shape index (κ2) is 13.5. The Balaban J connectivity index is 0.910. The largest absolute Gasteiger partial charge is 0.491 e. The van der Waals surface area contributed by atoms with Crippen molar-refractivity contribution < 1.29 is 28.4 Å². The number of nitrogens with zero attached hydrogens (tertiary/aromatic N) is 2. The van der Waals surface area contributed by atoms with Crippen molar-refractivity contribution in [3.63, 3.8) is 0 Å². The van der Waals surface area contributed by atoms with Gasteiger partial charge in [0.15, 0.2) is 11.9 Å². The number of nitrogens with two attached hydrogens (primary N) is 2. The fourth-order valence-corrected chi connectivity index (χ4v) is 3.40. The molecule has 0 saturated heterocycles. The van der Waals surface area contributed by atoms with Crippen LogP contribution in [0.15, 0.2) is 36.4 Å². The van der Waals surface area contributed by atoms with Crippen LogP contribution < -0.4 is 20.9 Å². The molecule has 0 aliphatic heterocycles. The van der Waals surface area contributed by atoms with Gasteiger partial charge >= 0.3 is 0 Å². The van der Waals surface area contributed by atoms with Crippen molar-refractivity contribution in [2.75, 3.05) is 77.5 Å². The fourth-order valence-electron chi connectivity index (χ4n) is 3.40. The molecule has 0 amide bonds. The van der Waals surface area contributed by atoms with Crippen LogP contribution in [0.5, 0.6) is 11.5 Å². The van der Waals surface area contributed by atoms with Gasteiger partial charge in [0, 0.05) is 12.1 Å². The number of nitrogens with one attached hydrogen (secondary N) is 2. The van der Waals surface area contributed by atoms with Gasteiger partial charge in [-0.15, -0.1) is 0 Å². The molecule has 12 heteroatoms. The molecule has 0 spiro atoms. The first kappa shape index (κ1) is 25.5. The molecule has 0 aliphatic rings. The molecule has 2 aromatic carbocycles. The first-order chi connectivity index (χ1) is 17.7. The van der Waals surface area contributed by atoms with Crippen LogP contribution in [0.25, 0.3) is 22.1 Å². The summed E-state index contributed by atoms with van der Waals surface area (Å²) < 4.78 is 33.3. The first-order valence-corrected chi connectivity index (χ1v) is 11.7. The number of ether oxygens (including phenoxy) is 6. The Hall–Kier alpha value is -3.58. The van der Waals surface area contributed by atoms with Gasteiger partial charge in [0.25, 0.3) is 0 Å². The third kappa shape index (κ3) is 7.99. The van der Waals surface area contributed by atoms with E-state index in [1.54, 1.807) is 0 Å². The molecule has 194 valence electrons. The molecule has 0 fully saturated rings. The molecule has 0 aliphatic carbocycles. The number of fused-ring (bicyclic) bond motifs is 2. The van der Waals surface area contributed by atoms with E-state index in [2.05, 4.69) is 19.9 Å². The van der Waals surface area contributed by atoms with Crippen molar-refractivity contribution in [2.45, 2.75) is 0 Å². The quantitative estimate of drug-likeness (QED) is 0.158. The van der Waals surface area contributed by atoms with Crippen LogP contribution >= 0.6 is 0 Å². The number of hydrogen-bond acceptors (Lipinski definition) is 10. The smallest absolute Gasteiger partial charge is 0.198 e. The number of H-pyrrole nitrogens is 2. The summed E-state index contributed by atoms with van der Waals surface area (Å²) in [6.07, 6.45) is 0. The van der Waals surface area contributed by atoms with Crippen LogP contribution in [0, 0.1) is 0 Å². The lowest BCUT2D eigenvalue weighted by Gasteiger charge is -2.09. The number of aromatic amines is 2. The van der Waals surface area contributed by atoms with Crippen LogP contribution in [0.2, 0.25) is 0 Å². The molecule has 2 aromatic heterocycles. The third-order valence-electron chi connectivity index (χ3n) is 5.05. The van der Waals surface area contributed by atoms with Crippen molar-refractivity contribution >= 4 is 34.0 Å². The van der Waals surface area contributed by atoms with Gasteiger partial charge in [0.1, 0.15) is 24.7 Å². The van der Waals surface area contributed by atoms with Crippen molar-refractivity contribution in [3.05, 3.63) is 36.4 Å². The second-order valence-corrected chi connectivity index (χ2v) is 7.75. The van der Waals surface area contributed by atoms with E-state index in [1.165, 1.54) is 0 Å². The lowest BCUT2D eigenvalue weighted by atomic mass is 10.3. The van der Waals surface area contributed by atoms with Gasteiger partial charge in [0.2, 0.25) is 0 Å². The molecule has 4 rings (SSSR count). The summed E-state index contributed by atoms with van der Waals surface area (Å²) in [4.78, 5) is 14.3. The minimum absolute atomic E-state index is 0.387. The Morgan fingerprint density at radius 2 is 0.889 bits per heavy atom. The van der Waals surface area contributed by atoms with E-state index in [0.717, 1.165) is 33.6 Å². The molecule has 0 saturated carbocycles. The third-order valence-corrected chi connectivity index (χ3v) is 5.05. The maximum absolute atomic E-state index is 5.67. The molecule has 0 atom stereocenters. The molecule has 6 N–H and O–H groups in total. The first-order valence-electron chi connectivity index (χ1n) is 11.7. The summed E-state index contributed by atoms with van der Waals surface area (Å²) in [5, 5.41) is 0. The predicted molar refractivity (Wildman–Crippen MR) is 135 cm³/mol. The highest BCUT2D eigenvalue weighted by atomic mass is 16.6. The van der Waals surface area contributed by atoms with Crippen LogP contribution in [0.3, 0.4) is 0 Å². The minimum Gasteiger partial charge on any atom is -0.491 e. The zero-order chi connectivity index (χ0) is 25.0. The molecule has 0 unspecified atom stereocenters. The van der Waals surface area contributed by atoms with Crippen molar-refractivity contribution in [1.29, 1.82) is 0 Å². The zero-order valence-corrected chi connectivity index (χ0v) is 20.0. The normalized spacial score (nSPS) is 11.4. The number of anilines is 2. The van der Waals surface area contributed by atoms with Gasteiger partial charge in [-0.2, -0.15) is 0 Å². The number of rotatable bonds is 17. The lowest BCUT2D eigenvalue weighted by molar-refractivity contribution is -0.00698. The number of hydrogen-bond donors (Lipinski definition) is 4. The SMILES string of the molecule is Nc1nc2ccc(OCCOCCOCCOCCOCCOc3ccc4nc(N)[nH]c4c3)cc2[nH]1. The summed E-state index contributed by atoms with van der Waals surface area (Å²) >= 11 is 0. The van der Waals surface area contributed by atoms with Crippen molar-refractivity contribution in [3.8, 4) is 11.5 Å². The topological polar surface area (TPSA) is 165 Å². The highest BCUT2D eigenvalue weighted by molar-refractivity contribution is 5.79. The lowest BCUT2D eigenvalue weighted by Crippen LogP contribution is -2.14. The van der Waals surface area contributed by atoms with Crippen LogP contribution in [-0.2, 0) is 18.9 Å². The number of aromatic nitrogens is 4. The summed E-state index contributed by atoms with van der Waals surface area (Å²) in [5.41, 5.74) is 14.6. The van der Waals surface area contributed by atoms with Crippen molar-refractivity contribution in [1.82, 2.24) is 19.9 Å². The number of benzene rings is 2. The summed E-state index contributed by atoms with van der Waals surface area (Å²) in [5.74, 6) is 2.24. The van der Waals surface area contributed by atoms with E-state index in [1.807, 2.05) is 36.4 Å². The monoisotopic (exact) mass is 500 g/mol. The van der Waals surface area contributed by atoms with Gasteiger partial charge in [-0.3, -0.25) is 0 Å². The zero-order valence-electron chi connectivity index (χ0n) is 20.0. The van der Waals surface area contributed by atoms with Gasteiger partial charge in [-0.1, -0.05) is 0 Å². The average molecular weight is 501 g/mol. The Labute approximate surface area is 208 Å². The Kier molecular flexibility index (Phi) is 9.56. The van der Waals surface area contributed by atoms with E-state index in [4.69, 9.17) is 39.9 Å². The Bertz CT molecular complexity index is 1120. The summed E-state index contributed by atoms with van der Waals surface area (Å²) in [6, 6.07) is 11.1.